The highest BCUT2D eigenvalue weighted by Gasteiger charge is 2.16. The first-order chi connectivity index (χ1) is 12.5. The topological polar surface area (TPSA) is 76.9 Å². The monoisotopic (exact) mass is 370 g/mol. The van der Waals surface area contributed by atoms with Crippen LogP contribution in [0.3, 0.4) is 0 Å². The number of benzene rings is 2. The van der Waals surface area contributed by atoms with Crippen molar-refractivity contribution in [3.05, 3.63) is 72.3 Å². The summed E-state index contributed by atoms with van der Waals surface area (Å²) in [6, 6.07) is 16.0. The van der Waals surface area contributed by atoms with Gasteiger partial charge in [0.15, 0.2) is 0 Å². The first kappa shape index (κ1) is 18.3. The van der Waals surface area contributed by atoms with E-state index >= 15 is 0 Å². The molecule has 0 unspecified atom stereocenters. The lowest BCUT2D eigenvalue weighted by atomic mass is 9.99. The van der Waals surface area contributed by atoms with Gasteiger partial charge in [0.2, 0.25) is 10.0 Å². The average molecular weight is 370 g/mol. The Balaban J connectivity index is 1.79. The smallest absolute Gasteiger partial charge is 0.214 e. The molecule has 1 heterocycles. The minimum Gasteiger partial charge on any atom is -0.249 e. The van der Waals surface area contributed by atoms with Gasteiger partial charge in [-0.05, 0) is 36.1 Å². The fourth-order valence-corrected chi connectivity index (χ4v) is 3.28. The van der Waals surface area contributed by atoms with Crippen molar-refractivity contribution in [3.63, 3.8) is 0 Å². The van der Waals surface area contributed by atoms with E-state index in [1.165, 1.54) is 6.33 Å². The second kappa shape index (κ2) is 7.80. The van der Waals surface area contributed by atoms with Gasteiger partial charge in [0.25, 0.3) is 0 Å². The highest BCUT2D eigenvalue weighted by molar-refractivity contribution is 7.90. The van der Waals surface area contributed by atoms with E-state index in [1.54, 1.807) is 24.9 Å². The minimum atomic E-state index is -3.30. The summed E-state index contributed by atoms with van der Waals surface area (Å²) >= 11 is 0. The average Bonchev–Trinajstić information content (AvgIpc) is 3.14. The molecule has 136 valence electrons. The van der Waals surface area contributed by atoms with Gasteiger partial charge in [-0.15, -0.1) is 0 Å². The number of nitrogens with zero attached hydrogens (tertiary/aromatic N) is 3. The van der Waals surface area contributed by atoms with Gasteiger partial charge in [-0.1, -0.05) is 48.5 Å². The van der Waals surface area contributed by atoms with Gasteiger partial charge in [0.1, 0.15) is 12.7 Å². The van der Waals surface area contributed by atoms with Crippen LogP contribution in [0.25, 0.3) is 11.1 Å². The van der Waals surface area contributed by atoms with E-state index in [-0.39, 0.29) is 6.54 Å². The zero-order valence-corrected chi connectivity index (χ0v) is 15.6. The standard InChI is InChI=1S/C19H22N4O2S/c1-15(2)26(24,25)22-11-18-5-3-4-6-19(18)17-9-7-16(8-10-17)12-23-14-20-13-21-23/h3-10,13-15,22H,11-12H2,1-2H3. The SMILES string of the molecule is CC(C)S(=O)(=O)NCc1ccccc1-c1ccc(Cn2cncn2)cc1. The lowest BCUT2D eigenvalue weighted by molar-refractivity contribution is 0.572. The molecule has 6 nitrogen and oxygen atoms in total. The molecule has 1 aromatic heterocycles. The van der Waals surface area contributed by atoms with Crippen molar-refractivity contribution >= 4 is 10.0 Å². The molecular formula is C19H22N4O2S. The second-order valence-corrected chi connectivity index (χ2v) is 8.68. The molecule has 0 aliphatic carbocycles. The van der Waals surface area contributed by atoms with E-state index in [0.29, 0.717) is 6.54 Å². The molecule has 3 rings (SSSR count). The summed E-state index contributed by atoms with van der Waals surface area (Å²) < 4.78 is 28.5. The maximum absolute atomic E-state index is 12.0. The summed E-state index contributed by atoms with van der Waals surface area (Å²) in [5.74, 6) is 0. The summed E-state index contributed by atoms with van der Waals surface area (Å²) in [5.41, 5.74) is 4.14. The van der Waals surface area contributed by atoms with Gasteiger partial charge < -0.3 is 0 Å². The fraction of sp³-hybridized carbons (Fsp3) is 0.263. The second-order valence-electron chi connectivity index (χ2n) is 6.36. The zero-order valence-electron chi connectivity index (χ0n) is 14.8. The van der Waals surface area contributed by atoms with Gasteiger partial charge in [0, 0.05) is 6.54 Å². The molecule has 26 heavy (non-hydrogen) atoms. The van der Waals surface area contributed by atoms with E-state index in [0.717, 1.165) is 22.3 Å². The third kappa shape index (κ3) is 4.36. The molecule has 0 saturated carbocycles. The molecule has 0 atom stereocenters. The number of nitrogens with one attached hydrogen (secondary N) is 1. The molecule has 0 aliphatic rings. The van der Waals surface area contributed by atoms with Crippen LogP contribution in [0.15, 0.2) is 61.2 Å². The predicted molar refractivity (Wildman–Crippen MR) is 102 cm³/mol. The first-order valence-corrected chi connectivity index (χ1v) is 9.98. The molecule has 0 saturated heterocycles. The molecule has 0 fully saturated rings. The van der Waals surface area contributed by atoms with E-state index in [1.807, 2.05) is 48.5 Å². The molecule has 0 radical (unpaired) electrons. The zero-order chi connectivity index (χ0) is 18.6. The molecular weight excluding hydrogens is 348 g/mol. The highest BCUT2D eigenvalue weighted by Crippen LogP contribution is 2.24. The minimum absolute atomic E-state index is 0.275. The van der Waals surface area contributed by atoms with Crippen molar-refractivity contribution in [2.45, 2.75) is 32.2 Å². The van der Waals surface area contributed by atoms with Crippen LogP contribution in [-0.4, -0.2) is 28.4 Å². The third-order valence-corrected chi connectivity index (χ3v) is 5.97. The van der Waals surface area contributed by atoms with Crippen LogP contribution < -0.4 is 4.72 Å². The first-order valence-electron chi connectivity index (χ1n) is 8.44. The van der Waals surface area contributed by atoms with Crippen LogP contribution in [0.2, 0.25) is 0 Å². The van der Waals surface area contributed by atoms with Crippen molar-refractivity contribution in [3.8, 4) is 11.1 Å². The Kier molecular flexibility index (Phi) is 5.49. The number of rotatable bonds is 7. The van der Waals surface area contributed by atoms with Crippen LogP contribution in [0.5, 0.6) is 0 Å². The van der Waals surface area contributed by atoms with Crippen molar-refractivity contribution in [2.75, 3.05) is 0 Å². The van der Waals surface area contributed by atoms with Crippen molar-refractivity contribution in [2.24, 2.45) is 0 Å². The van der Waals surface area contributed by atoms with E-state index in [9.17, 15) is 8.42 Å². The molecule has 7 heteroatoms. The van der Waals surface area contributed by atoms with E-state index in [4.69, 9.17) is 0 Å². The van der Waals surface area contributed by atoms with Crippen LogP contribution in [0.1, 0.15) is 25.0 Å². The van der Waals surface area contributed by atoms with E-state index in [2.05, 4.69) is 14.8 Å². The molecule has 0 amide bonds. The number of hydrogen-bond donors (Lipinski definition) is 1. The van der Waals surface area contributed by atoms with Crippen LogP contribution in [0, 0.1) is 0 Å². The summed E-state index contributed by atoms with van der Waals surface area (Å²) in [4.78, 5) is 3.94. The Morgan fingerprint density at radius 3 is 2.46 bits per heavy atom. The Hall–Kier alpha value is -2.51. The van der Waals surface area contributed by atoms with Crippen molar-refractivity contribution in [1.82, 2.24) is 19.5 Å². The highest BCUT2D eigenvalue weighted by atomic mass is 32.2. The summed E-state index contributed by atoms with van der Waals surface area (Å²) in [7, 11) is -3.30. The van der Waals surface area contributed by atoms with Gasteiger partial charge in [-0.3, -0.25) is 0 Å². The lowest BCUT2D eigenvalue weighted by Gasteiger charge is -2.13. The molecule has 0 bridgehead atoms. The van der Waals surface area contributed by atoms with Crippen LogP contribution in [0.4, 0.5) is 0 Å². The fourth-order valence-electron chi connectivity index (χ4n) is 2.59. The number of aromatic nitrogens is 3. The maximum Gasteiger partial charge on any atom is 0.214 e. The number of hydrogen-bond acceptors (Lipinski definition) is 4. The molecule has 0 spiro atoms. The van der Waals surface area contributed by atoms with Crippen molar-refractivity contribution in [1.29, 1.82) is 0 Å². The predicted octanol–water partition coefficient (Wildman–Crippen LogP) is 2.82. The van der Waals surface area contributed by atoms with Crippen LogP contribution in [-0.2, 0) is 23.1 Å². The molecule has 0 aliphatic heterocycles. The quantitative estimate of drug-likeness (QED) is 0.694. The normalized spacial score (nSPS) is 11.8. The number of sulfonamides is 1. The van der Waals surface area contributed by atoms with E-state index < -0.39 is 15.3 Å². The van der Waals surface area contributed by atoms with Gasteiger partial charge in [-0.25, -0.2) is 22.8 Å². The van der Waals surface area contributed by atoms with Gasteiger partial charge in [-0.2, -0.15) is 5.10 Å². The van der Waals surface area contributed by atoms with Crippen LogP contribution >= 0.6 is 0 Å². The maximum atomic E-state index is 12.0. The Morgan fingerprint density at radius 2 is 1.81 bits per heavy atom. The third-order valence-electron chi connectivity index (χ3n) is 4.18. The summed E-state index contributed by atoms with van der Waals surface area (Å²) in [6.45, 7) is 4.28. The summed E-state index contributed by atoms with van der Waals surface area (Å²) in [6.07, 6.45) is 3.20. The van der Waals surface area contributed by atoms with Gasteiger partial charge >= 0.3 is 0 Å². The molecule has 2 aromatic carbocycles. The molecule has 3 aromatic rings. The molecule has 1 N–H and O–H groups in total. The Morgan fingerprint density at radius 1 is 1.08 bits per heavy atom. The Labute approximate surface area is 154 Å². The lowest BCUT2D eigenvalue weighted by Crippen LogP contribution is -2.30. The Bertz CT molecular complexity index is 949. The van der Waals surface area contributed by atoms with Crippen molar-refractivity contribution < 1.29 is 8.42 Å². The summed E-state index contributed by atoms with van der Waals surface area (Å²) in [5, 5.41) is 3.66. The van der Waals surface area contributed by atoms with Gasteiger partial charge in [0.05, 0.1) is 11.8 Å². The largest absolute Gasteiger partial charge is 0.249 e.